The predicted molar refractivity (Wildman–Crippen MR) is 89.1 cm³/mol. The minimum absolute atomic E-state index is 0.337. The topological polar surface area (TPSA) is 46.6 Å². The average Bonchev–Trinajstić information content (AvgIpc) is 2.50. The number of ether oxygens (including phenoxy) is 1. The quantitative estimate of drug-likeness (QED) is 0.847. The van der Waals surface area contributed by atoms with Crippen LogP contribution in [-0.4, -0.2) is 22.1 Å². The van der Waals surface area contributed by atoms with E-state index in [4.69, 9.17) is 4.74 Å². The van der Waals surface area contributed by atoms with Crippen molar-refractivity contribution in [3.05, 3.63) is 53.6 Å². The molecule has 5 heteroatoms. The summed E-state index contributed by atoms with van der Waals surface area (Å²) < 4.78 is 32.3. The average molecular weight is 319 g/mol. The zero-order chi connectivity index (χ0) is 16.3. The van der Waals surface area contributed by atoms with Gasteiger partial charge in [0.15, 0.2) is 0 Å². The molecule has 0 heterocycles. The molecule has 0 saturated carbocycles. The van der Waals surface area contributed by atoms with Gasteiger partial charge in [0, 0.05) is 7.05 Å². The van der Waals surface area contributed by atoms with Gasteiger partial charge < -0.3 is 4.74 Å². The van der Waals surface area contributed by atoms with E-state index in [0.717, 1.165) is 16.9 Å². The lowest BCUT2D eigenvalue weighted by Gasteiger charge is -2.21. The van der Waals surface area contributed by atoms with Crippen LogP contribution >= 0.6 is 0 Å². The Kier molecular flexibility index (Phi) is 4.76. The van der Waals surface area contributed by atoms with Gasteiger partial charge in [0.25, 0.3) is 10.0 Å². The number of nitrogens with zero attached hydrogens (tertiary/aromatic N) is 1. The van der Waals surface area contributed by atoms with Crippen molar-refractivity contribution in [1.29, 1.82) is 0 Å². The first-order valence-electron chi connectivity index (χ1n) is 7.15. The summed E-state index contributed by atoms with van der Waals surface area (Å²) >= 11 is 0. The Morgan fingerprint density at radius 3 is 2.27 bits per heavy atom. The van der Waals surface area contributed by atoms with E-state index in [-0.39, 0.29) is 0 Å². The molecule has 4 nitrogen and oxygen atoms in total. The molecule has 0 aliphatic rings. The van der Waals surface area contributed by atoms with Crippen LogP contribution in [0.2, 0.25) is 0 Å². The summed E-state index contributed by atoms with van der Waals surface area (Å²) in [5.41, 5.74) is 2.26. The summed E-state index contributed by atoms with van der Waals surface area (Å²) in [6.07, 6.45) is 0. The Bertz CT molecular complexity index is 752. The summed E-state index contributed by atoms with van der Waals surface area (Å²) in [5, 5.41) is 0. The molecule has 0 unspecified atom stereocenters. The van der Waals surface area contributed by atoms with Crippen LogP contribution in [0.1, 0.15) is 18.1 Å². The lowest BCUT2D eigenvalue weighted by atomic mass is 10.2. The summed E-state index contributed by atoms with van der Waals surface area (Å²) in [4.78, 5) is 0.337. The molecule has 22 heavy (non-hydrogen) atoms. The van der Waals surface area contributed by atoms with Crippen LogP contribution in [-0.2, 0) is 10.0 Å². The third kappa shape index (κ3) is 3.25. The Balaban J connectivity index is 2.38. The van der Waals surface area contributed by atoms with Gasteiger partial charge >= 0.3 is 0 Å². The Hall–Kier alpha value is -2.01. The largest absolute Gasteiger partial charge is 0.494 e. The van der Waals surface area contributed by atoms with Crippen molar-refractivity contribution >= 4 is 15.7 Å². The van der Waals surface area contributed by atoms with Gasteiger partial charge in [-0.05, 0) is 62.2 Å². The molecule has 0 radical (unpaired) electrons. The first-order valence-corrected chi connectivity index (χ1v) is 8.59. The van der Waals surface area contributed by atoms with Crippen LogP contribution in [0, 0.1) is 13.8 Å². The van der Waals surface area contributed by atoms with E-state index in [9.17, 15) is 8.42 Å². The maximum atomic E-state index is 12.8. The minimum atomic E-state index is -3.58. The second-order valence-electron chi connectivity index (χ2n) is 5.17. The normalized spacial score (nSPS) is 11.3. The highest BCUT2D eigenvalue weighted by atomic mass is 32.2. The fourth-order valence-corrected chi connectivity index (χ4v) is 3.69. The van der Waals surface area contributed by atoms with Crippen LogP contribution < -0.4 is 9.04 Å². The van der Waals surface area contributed by atoms with Crippen molar-refractivity contribution in [2.24, 2.45) is 0 Å². The van der Waals surface area contributed by atoms with E-state index in [1.165, 1.54) is 4.31 Å². The molecule has 2 aromatic rings. The highest BCUT2D eigenvalue weighted by molar-refractivity contribution is 7.92. The molecule has 0 bridgehead atoms. The van der Waals surface area contributed by atoms with Crippen molar-refractivity contribution in [2.75, 3.05) is 18.0 Å². The van der Waals surface area contributed by atoms with Gasteiger partial charge in [-0.3, -0.25) is 4.31 Å². The standard InChI is InChI=1S/C17H21NO3S/c1-5-21-16-10-8-15(9-11-16)18(4)22(19,20)17-12-13(2)6-7-14(17)3/h6-12H,5H2,1-4H3. The van der Waals surface area contributed by atoms with E-state index in [1.807, 2.05) is 26.0 Å². The summed E-state index contributed by atoms with van der Waals surface area (Å²) in [5.74, 6) is 0.726. The van der Waals surface area contributed by atoms with Crippen molar-refractivity contribution in [2.45, 2.75) is 25.7 Å². The van der Waals surface area contributed by atoms with Crippen molar-refractivity contribution in [1.82, 2.24) is 0 Å². The second kappa shape index (κ2) is 6.40. The first-order chi connectivity index (χ1) is 10.4. The molecule has 2 aromatic carbocycles. The van der Waals surface area contributed by atoms with E-state index in [1.54, 1.807) is 44.3 Å². The molecular weight excluding hydrogens is 298 g/mol. The van der Waals surface area contributed by atoms with Gasteiger partial charge in [0.1, 0.15) is 5.75 Å². The van der Waals surface area contributed by atoms with Crippen LogP contribution in [0.4, 0.5) is 5.69 Å². The minimum Gasteiger partial charge on any atom is -0.494 e. The van der Waals surface area contributed by atoms with Crippen molar-refractivity contribution in [3.63, 3.8) is 0 Å². The highest BCUT2D eigenvalue weighted by Crippen LogP contribution is 2.26. The third-order valence-electron chi connectivity index (χ3n) is 3.49. The highest BCUT2D eigenvalue weighted by Gasteiger charge is 2.23. The van der Waals surface area contributed by atoms with E-state index in [0.29, 0.717) is 17.2 Å². The number of sulfonamides is 1. The summed E-state index contributed by atoms with van der Waals surface area (Å²) in [6.45, 7) is 6.18. The van der Waals surface area contributed by atoms with Gasteiger partial charge in [-0.15, -0.1) is 0 Å². The maximum absolute atomic E-state index is 12.8. The molecule has 2 rings (SSSR count). The van der Waals surface area contributed by atoms with Gasteiger partial charge in [-0.1, -0.05) is 12.1 Å². The molecule has 0 fully saturated rings. The number of benzene rings is 2. The monoisotopic (exact) mass is 319 g/mol. The summed E-state index contributed by atoms with van der Waals surface area (Å²) in [6, 6.07) is 12.5. The third-order valence-corrected chi connectivity index (χ3v) is 5.42. The Morgan fingerprint density at radius 2 is 1.68 bits per heavy atom. The Labute approximate surface area is 132 Å². The zero-order valence-electron chi connectivity index (χ0n) is 13.3. The lowest BCUT2D eigenvalue weighted by Crippen LogP contribution is -2.27. The van der Waals surface area contributed by atoms with Crippen LogP contribution in [0.3, 0.4) is 0 Å². The van der Waals surface area contributed by atoms with Gasteiger partial charge in [-0.2, -0.15) is 0 Å². The van der Waals surface area contributed by atoms with Crippen LogP contribution in [0.25, 0.3) is 0 Å². The smallest absolute Gasteiger partial charge is 0.264 e. The zero-order valence-corrected chi connectivity index (χ0v) is 14.1. The number of hydrogen-bond donors (Lipinski definition) is 0. The van der Waals surface area contributed by atoms with E-state index < -0.39 is 10.0 Å². The molecule has 118 valence electrons. The lowest BCUT2D eigenvalue weighted by molar-refractivity contribution is 0.340. The molecule has 0 aliphatic carbocycles. The van der Waals surface area contributed by atoms with Crippen LogP contribution in [0.15, 0.2) is 47.4 Å². The molecule has 0 spiro atoms. The first kappa shape index (κ1) is 16.4. The molecule has 0 aromatic heterocycles. The van der Waals surface area contributed by atoms with E-state index in [2.05, 4.69) is 0 Å². The number of anilines is 1. The van der Waals surface area contributed by atoms with Gasteiger partial charge in [-0.25, -0.2) is 8.42 Å². The summed E-state index contributed by atoms with van der Waals surface area (Å²) in [7, 11) is -2.02. The molecule has 0 amide bonds. The number of rotatable bonds is 5. The fraction of sp³-hybridized carbons (Fsp3) is 0.294. The molecule has 0 atom stereocenters. The molecule has 0 N–H and O–H groups in total. The van der Waals surface area contributed by atoms with Gasteiger partial charge in [0.2, 0.25) is 0 Å². The fourth-order valence-electron chi connectivity index (χ4n) is 2.19. The number of aryl methyl sites for hydroxylation is 2. The number of hydrogen-bond acceptors (Lipinski definition) is 3. The molecule has 0 aliphatic heterocycles. The van der Waals surface area contributed by atoms with E-state index >= 15 is 0 Å². The SMILES string of the molecule is CCOc1ccc(N(C)S(=O)(=O)c2cc(C)ccc2C)cc1. The van der Waals surface area contributed by atoms with Crippen molar-refractivity contribution < 1.29 is 13.2 Å². The van der Waals surface area contributed by atoms with Crippen LogP contribution in [0.5, 0.6) is 5.75 Å². The second-order valence-corrected chi connectivity index (χ2v) is 7.11. The molecule has 0 saturated heterocycles. The predicted octanol–water partition coefficient (Wildman–Crippen LogP) is 3.53. The maximum Gasteiger partial charge on any atom is 0.264 e. The Morgan fingerprint density at radius 1 is 1.05 bits per heavy atom. The van der Waals surface area contributed by atoms with Crippen molar-refractivity contribution in [3.8, 4) is 5.75 Å². The van der Waals surface area contributed by atoms with Gasteiger partial charge in [0.05, 0.1) is 17.2 Å². The molecular formula is C17H21NO3S.